The van der Waals surface area contributed by atoms with Crippen molar-refractivity contribution in [1.29, 1.82) is 0 Å². The Morgan fingerprint density at radius 1 is 0.556 bits per heavy atom. The van der Waals surface area contributed by atoms with Gasteiger partial charge in [-0.05, 0) is 40.0 Å². The molecule has 0 spiro atoms. The minimum atomic E-state index is 1.06. The minimum Gasteiger partial charge on any atom is -0.0917 e. The Bertz CT molecular complexity index is 571. The van der Waals surface area contributed by atoms with E-state index in [1.807, 2.05) is 12.1 Å². The van der Waals surface area contributed by atoms with Crippen LogP contribution in [0.3, 0.4) is 0 Å². The Kier molecular flexibility index (Phi) is 2.70. The van der Waals surface area contributed by atoms with E-state index in [2.05, 4.69) is 67.3 Å². The largest absolute Gasteiger partial charge is 0.0917 e. The molecule has 2 aromatic rings. The monoisotopic (exact) mass is 230 g/mol. The molecule has 0 aliphatic heterocycles. The highest BCUT2D eigenvalue weighted by molar-refractivity contribution is 6.09. The molecular formula is C18H14. The molecule has 2 aromatic carbocycles. The lowest BCUT2D eigenvalue weighted by atomic mass is 9.95. The molecule has 0 saturated carbocycles. The van der Waals surface area contributed by atoms with Gasteiger partial charge in [-0.1, -0.05) is 67.2 Å². The Hall–Kier alpha value is -2.34. The third-order valence-electron chi connectivity index (χ3n) is 3.12. The van der Waals surface area contributed by atoms with Crippen molar-refractivity contribution in [2.24, 2.45) is 0 Å². The highest BCUT2D eigenvalue weighted by Crippen LogP contribution is 2.37. The van der Waals surface area contributed by atoms with Crippen LogP contribution in [-0.2, 0) is 0 Å². The molecule has 0 bridgehead atoms. The number of hydrogen-bond donors (Lipinski definition) is 0. The Morgan fingerprint density at radius 3 is 1.33 bits per heavy atom. The minimum absolute atomic E-state index is 1.06. The summed E-state index contributed by atoms with van der Waals surface area (Å²) in [4.78, 5) is 0. The highest BCUT2D eigenvalue weighted by atomic mass is 14.2. The molecular weight excluding hydrogens is 216 g/mol. The fourth-order valence-corrected chi connectivity index (χ4v) is 2.28. The van der Waals surface area contributed by atoms with Gasteiger partial charge >= 0.3 is 0 Å². The molecule has 0 heteroatoms. The van der Waals surface area contributed by atoms with Crippen LogP contribution < -0.4 is 0 Å². The SMILES string of the molecule is C=C1C=C(c2ccccc2)C(c2ccccc2)=C1. The van der Waals surface area contributed by atoms with Crippen LogP contribution in [0, 0.1) is 0 Å². The zero-order valence-electron chi connectivity index (χ0n) is 10.1. The van der Waals surface area contributed by atoms with Gasteiger partial charge in [0.1, 0.15) is 0 Å². The molecule has 0 fully saturated rings. The van der Waals surface area contributed by atoms with E-state index in [1.54, 1.807) is 0 Å². The standard InChI is InChI=1S/C18H14/c1-14-12-17(15-8-4-2-5-9-15)18(13-14)16-10-6-3-7-11-16/h2-13H,1H2. The van der Waals surface area contributed by atoms with E-state index < -0.39 is 0 Å². The summed E-state index contributed by atoms with van der Waals surface area (Å²) >= 11 is 0. The summed E-state index contributed by atoms with van der Waals surface area (Å²) < 4.78 is 0. The number of allylic oxidation sites excluding steroid dienone is 5. The van der Waals surface area contributed by atoms with Gasteiger partial charge in [-0.25, -0.2) is 0 Å². The molecule has 0 aromatic heterocycles. The van der Waals surface area contributed by atoms with Gasteiger partial charge in [0.15, 0.2) is 0 Å². The van der Waals surface area contributed by atoms with Crippen LogP contribution in [0.1, 0.15) is 11.1 Å². The second-order valence-corrected chi connectivity index (χ2v) is 4.42. The van der Waals surface area contributed by atoms with Gasteiger partial charge in [-0.3, -0.25) is 0 Å². The van der Waals surface area contributed by atoms with Crippen LogP contribution in [0.5, 0.6) is 0 Å². The molecule has 3 rings (SSSR count). The quantitative estimate of drug-likeness (QED) is 0.700. The molecule has 0 N–H and O–H groups in total. The molecule has 1 aliphatic rings. The smallest absolute Gasteiger partial charge is 0.00995 e. The molecule has 0 radical (unpaired) electrons. The third-order valence-corrected chi connectivity index (χ3v) is 3.12. The Morgan fingerprint density at radius 2 is 0.944 bits per heavy atom. The maximum atomic E-state index is 4.05. The van der Waals surface area contributed by atoms with Crippen LogP contribution in [0.2, 0.25) is 0 Å². The summed E-state index contributed by atoms with van der Waals surface area (Å²) in [6.07, 6.45) is 4.30. The Balaban J connectivity index is 2.09. The topological polar surface area (TPSA) is 0 Å². The summed E-state index contributed by atoms with van der Waals surface area (Å²) in [6.45, 7) is 4.05. The third kappa shape index (κ3) is 1.93. The van der Waals surface area contributed by atoms with Crippen molar-refractivity contribution in [2.75, 3.05) is 0 Å². The summed E-state index contributed by atoms with van der Waals surface area (Å²) in [5.74, 6) is 0. The fraction of sp³-hybridized carbons (Fsp3) is 0. The maximum absolute atomic E-state index is 4.05. The van der Waals surface area contributed by atoms with E-state index >= 15 is 0 Å². The molecule has 1 aliphatic carbocycles. The molecule has 0 saturated heterocycles. The lowest BCUT2D eigenvalue weighted by Crippen LogP contribution is -1.86. The number of hydrogen-bond acceptors (Lipinski definition) is 0. The van der Waals surface area contributed by atoms with Crippen molar-refractivity contribution in [3.8, 4) is 0 Å². The maximum Gasteiger partial charge on any atom is -0.00995 e. The van der Waals surface area contributed by atoms with Gasteiger partial charge in [0, 0.05) is 0 Å². The predicted molar refractivity (Wildman–Crippen MR) is 78.0 cm³/mol. The molecule has 0 nitrogen and oxygen atoms in total. The number of rotatable bonds is 2. The molecule has 86 valence electrons. The fourth-order valence-electron chi connectivity index (χ4n) is 2.28. The van der Waals surface area contributed by atoms with Crippen molar-refractivity contribution in [3.05, 3.63) is 96.1 Å². The Labute approximate surface area is 108 Å². The first-order valence-electron chi connectivity index (χ1n) is 6.08. The van der Waals surface area contributed by atoms with Crippen LogP contribution >= 0.6 is 0 Å². The first-order chi connectivity index (χ1) is 8.84. The summed E-state index contributed by atoms with van der Waals surface area (Å²) in [6, 6.07) is 20.9. The van der Waals surface area contributed by atoms with Crippen molar-refractivity contribution in [1.82, 2.24) is 0 Å². The summed E-state index contributed by atoms with van der Waals surface area (Å²) in [5.41, 5.74) is 6.06. The van der Waals surface area contributed by atoms with E-state index in [4.69, 9.17) is 0 Å². The van der Waals surface area contributed by atoms with Crippen molar-refractivity contribution < 1.29 is 0 Å². The van der Waals surface area contributed by atoms with Gasteiger partial charge in [-0.15, -0.1) is 0 Å². The van der Waals surface area contributed by atoms with E-state index in [1.165, 1.54) is 22.3 Å². The van der Waals surface area contributed by atoms with E-state index in [9.17, 15) is 0 Å². The average Bonchev–Trinajstić information content (AvgIpc) is 2.83. The van der Waals surface area contributed by atoms with E-state index in [0.29, 0.717) is 0 Å². The molecule has 0 heterocycles. The lowest BCUT2D eigenvalue weighted by molar-refractivity contribution is 1.60. The summed E-state index contributed by atoms with van der Waals surface area (Å²) in [7, 11) is 0. The predicted octanol–water partition coefficient (Wildman–Crippen LogP) is 4.72. The van der Waals surface area contributed by atoms with Crippen LogP contribution in [0.25, 0.3) is 11.1 Å². The molecule has 18 heavy (non-hydrogen) atoms. The first-order valence-corrected chi connectivity index (χ1v) is 6.08. The molecule has 0 amide bonds. The van der Waals surface area contributed by atoms with Gasteiger partial charge in [-0.2, -0.15) is 0 Å². The lowest BCUT2D eigenvalue weighted by Gasteiger charge is -2.08. The van der Waals surface area contributed by atoms with Crippen molar-refractivity contribution >= 4 is 11.1 Å². The van der Waals surface area contributed by atoms with Crippen molar-refractivity contribution in [3.63, 3.8) is 0 Å². The van der Waals surface area contributed by atoms with Gasteiger partial charge in [0.05, 0.1) is 0 Å². The number of benzene rings is 2. The zero-order valence-corrected chi connectivity index (χ0v) is 10.1. The second kappa shape index (κ2) is 4.50. The van der Waals surface area contributed by atoms with E-state index in [-0.39, 0.29) is 0 Å². The van der Waals surface area contributed by atoms with Crippen LogP contribution in [0.4, 0.5) is 0 Å². The summed E-state index contributed by atoms with van der Waals surface area (Å²) in [5, 5.41) is 0. The zero-order chi connectivity index (χ0) is 12.4. The van der Waals surface area contributed by atoms with Crippen LogP contribution in [-0.4, -0.2) is 0 Å². The van der Waals surface area contributed by atoms with E-state index in [0.717, 1.165) is 5.57 Å². The van der Waals surface area contributed by atoms with Gasteiger partial charge in [0.25, 0.3) is 0 Å². The van der Waals surface area contributed by atoms with Gasteiger partial charge in [0.2, 0.25) is 0 Å². The van der Waals surface area contributed by atoms with Crippen LogP contribution in [0.15, 0.2) is 85.0 Å². The second-order valence-electron chi connectivity index (χ2n) is 4.42. The first kappa shape index (κ1) is 10.8. The molecule has 0 unspecified atom stereocenters. The molecule has 0 atom stereocenters. The normalized spacial score (nSPS) is 14.3. The van der Waals surface area contributed by atoms with Crippen molar-refractivity contribution in [2.45, 2.75) is 0 Å². The average molecular weight is 230 g/mol. The highest BCUT2D eigenvalue weighted by Gasteiger charge is 2.15. The van der Waals surface area contributed by atoms with Gasteiger partial charge < -0.3 is 0 Å².